The highest BCUT2D eigenvalue weighted by molar-refractivity contribution is 5.80. The maximum atomic E-state index is 4.70. The maximum absolute atomic E-state index is 4.70. The van der Waals surface area contributed by atoms with Crippen molar-refractivity contribution in [3.8, 4) is 11.3 Å². The first kappa shape index (κ1) is 10.1. The van der Waals surface area contributed by atoms with Gasteiger partial charge in [0.15, 0.2) is 0 Å². The molecule has 4 nitrogen and oxygen atoms in total. The van der Waals surface area contributed by atoms with Gasteiger partial charge in [0.05, 0.1) is 11.9 Å². The molecular weight excluding hydrogens is 212 g/mol. The molecule has 0 aromatic carbocycles. The molecule has 0 aliphatic rings. The van der Waals surface area contributed by atoms with Gasteiger partial charge in [0, 0.05) is 29.4 Å². The Hall–Kier alpha value is -2.10. The first-order valence-electron chi connectivity index (χ1n) is 5.60. The summed E-state index contributed by atoms with van der Waals surface area (Å²) >= 11 is 0. The predicted octanol–water partition coefficient (Wildman–Crippen LogP) is 2.58. The van der Waals surface area contributed by atoms with Crippen LogP contribution in [0.15, 0.2) is 24.4 Å². The van der Waals surface area contributed by atoms with Gasteiger partial charge in [-0.1, -0.05) is 0 Å². The molecule has 0 fully saturated rings. The summed E-state index contributed by atoms with van der Waals surface area (Å²) in [4.78, 5) is 4.70. The molecule has 0 radical (unpaired) electrons. The first-order chi connectivity index (χ1) is 8.16. The van der Waals surface area contributed by atoms with Gasteiger partial charge in [0.1, 0.15) is 5.65 Å². The number of hydrogen-bond donors (Lipinski definition) is 1. The summed E-state index contributed by atoms with van der Waals surface area (Å²) in [6.07, 6.45) is 1.82. The molecule has 0 spiro atoms. The Balaban J connectivity index is 2.26. The van der Waals surface area contributed by atoms with Gasteiger partial charge < -0.3 is 4.57 Å². The van der Waals surface area contributed by atoms with Crippen LogP contribution in [0, 0.1) is 13.8 Å². The van der Waals surface area contributed by atoms with Gasteiger partial charge in [0.2, 0.25) is 0 Å². The molecule has 1 N–H and O–H groups in total. The molecule has 86 valence electrons. The molecule has 0 amide bonds. The smallest absolute Gasteiger partial charge is 0.140 e. The third kappa shape index (κ3) is 1.45. The lowest BCUT2D eigenvalue weighted by atomic mass is 10.1. The predicted molar refractivity (Wildman–Crippen MR) is 67.8 cm³/mol. The average Bonchev–Trinajstić information content (AvgIpc) is 2.85. The fourth-order valence-electron chi connectivity index (χ4n) is 2.09. The van der Waals surface area contributed by atoms with E-state index in [4.69, 9.17) is 4.98 Å². The van der Waals surface area contributed by atoms with Crippen LogP contribution in [0.3, 0.4) is 0 Å². The van der Waals surface area contributed by atoms with Gasteiger partial charge in [-0.25, -0.2) is 4.98 Å². The van der Waals surface area contributed by atoms with Crippen LogP contribution in [-0.2, 0) is 7.05 Å². The van der Waals surface area contributed by atoms with Crippen molar-refractivity contribution >= 4 is 11.0 Å². The molecule has 3 heterocycles. The Labute approximate surface area is 99.3 Å². The highest BCUT2D eigenvalue weighted by atomic mass is 15.1. The van der Waals surface area contributed by atoms with E-state index in [0.717, 1.165) is 22.6 Å². The summed E-state index contributed by atoms with van der Waals surface area (Å²) in [6, 6.07) is 6.30. The second-order valence-electron chi connectivity index (χ2n) is 4.36. The summed E-state index contributed by atoms with van der Waals surface area (Å²) in [5, 5.41) is 8.15. The number of hydrogen-bond acceptors (Lipinski definition) is 2. The summed E-state index contributed by atoms with van der Waals surface area (Å²) in [5.41, 5.74) is 5.30. The zero-order chi connectivity index (χ0) is 12.0. The lowest BCUT2D eigenvalue weighted by Crippen LogP contribution is -1.93. The second kappa shape index (κ2) is 3.45. The van der Waals surface area contributed by atoms with Crippen LogP contribution in [0.25, 0.3) is 22.3 Å². The van der Waals surface area contributed by atoms with E-state index >= 15 is 0 Å². The van der Waals surface area contributed by atoms with Crippen molar-refractivity contribution in [2.45, 2.75) is 13.8 Å². The van der Waals surface area contributed by atoms with E-state index in [1.807, 2.05) is 26.2 Å². The quantitative estimate of drug-likeness (QED) is 0.693. The Bertz CT molecular complexity index is 691. The molecule has 17 heavy (non-hydrogen) atoms. The minimum absolute atomic E-state index is 0.963. The van der Waals surface area contributed by atoms with Crippen LogP contribution in [-0.4, -0.2) is 19.7 Å². The van der Waals surface area contributed by atoms with Crippen LogP contribution in [0.4, 0.5) is 0 Å². The Morgan fingerprint density at radius 3 is 2.76 bits per heavy atom. The van der Waals surface area contributed by atoms with Crippen molar-refractivity contribution in [3.05, 3.63) is 35.8 Å². The molecule has 0 saturated carbocycles. The van der Waals surface area contributed by atoms with Crippen molar-refractivity contribution < 1.29 is 0 Å². The van der Waals surface area contributed by atoms with Crippen molar-refractivity contribution in [3.63, 3.8) is 0 Å². The van der Waals surface area contributed by atoms with Crippen LogP contribution < -0.4 is 0 Å². The highest BCUT2D eigenvalue weighted by Crippen LogP contribution is 2.23. The monoisotopic (exact) mass is 226 g/mol. The molecule has 3 aromatic heterocycles. The summed E-state index contributed by atoms with van der Waals surface area (Å²) in [5.74, 6) is 0. The molecular formula is C13H14N4. The fourth-order valence-corrected chi connectivity index (χ4v) is 2.09. The number of rotatable bonds is 1. The second-order valence-corrected chi connectivity index (χ2v) is 4.36. The zero-order valence-electron chi connectivity index (χ0n) is 10.2. The molecule has 4 heteroatoms. The van der Waals surface area contributed by atoms with Gasteiger partial charge in [-0.05, 0) is 32.0 Å². The zero-order valence-corrected chi connectivity index (χ0v) is 10.2. The average molecular weight is 226 g/mol. The standard InChI is InChI=1S/C13H14N4/c1-8-6-10-4-5-12(15-13(10)17(8)3)11-7-14-16-9(11)2/h4-7H,1-3H3,(H,14,16). The molecule has 3 rings (SSSR count). The Kier molecular flexibility index (Phi) is 2.04. The van der Waals surface area contributed by atoms with Gasteiger partial charge in [-0.2, -0.15) is 5.10 Å². The third-order valence-electron chi connectivity index (χ3n) is 3.22. The molecule has 0 unspecified atom stereocenters. The molecule has 0 bridgehead atoms. The normalized spacial score (nSPS) is 11.2. The number of nitrogens with one attached hydrogen (secondary N) is 1. The van der Waals surface area contributed by atoms with Crippen molar-refractivity contribution in [1.29, 1.82) is 0 Å². The Morgan fingerprint density at radius 2 is 2.06 bits per heavy atom. The number of pyridine rings is 1. The summed E-state index contributed by atoms with van der Waals surface area (Å²) in [6.45, 7) is 4.09. The molecule has 0 saturated heterocycles. The number of aromatic nitrogens is 4. The number of aromatic amines is 1. The molecule has 0 aliphatic heterocycles. The minimum atomic E-state index is 0.963. The van der Waals surface area contributed by atoms with Crippen LogP contribution in [0.5, 0.6) is 0 Å². The van der Waals surface area contributed by atoms with Crippen LogP contribution in [0.2, 0.25) is 0 Å². The van der Waals surface area contributed by atoms with Gasteiger partial charge >= 0.3 is 0 Å². The summed E-state index contributed by atoms with van der Waals surface area (Å²) < 4.78 is 2.11. The van der Waals surface area contributed by atoms with Crippen molar-refractivity contribution in [2.24, 2.45) is 7.05 Å². The van der Waals surface area contributed by atoms with E-state index in [9.17, 15) is 0 Å². The number of H-pyrrole nitrogens is 1. The van der Waals surface area contributed by atoms with E-state index in [-0.39, 0.29) is 0 Å². The fraction of sp³-hybridized carbons (Fsp3) is 0.231. The Morgan fingerprint density at radius 1 is 1.24 bits per heavy atom. The van der Waals surface area contributed by atoms with Gasteiger partial charge in [-0.15, -0.1) is 0 Å². The highest BCUT2D eigenvalue weighted by Gasteiger charge is 2.09. The largest absolute Gasteiger partial charge is 0.333 e. The maximum Gasteiger partial charge on any atom is 0.140 e. The summed E-state index contributed by atoms with van der Waals surface area (Å²) in [7, 11) is 2.04. The number of nitrogens with zero attached hydrogens (tertiary/aromatic N) is 3. The SMILES string of the molecule is Cc1[nH]ncc1-c1ccc2cc(C)n(C)c2n1. The van der Waals surface area contributed by atoms with Crippen molar-refractivity contribution in [1.82, 2.24) is 19.7 Å². The van der Waals surface area contributed by atoms with Crippen molar-refractivity contribution in [2.75, 3.05) is 0 Å². The molecule has 0 aliphatic carbocycles. The van der Waals surface area contributed by atoms with Crippen LogP contribution >= 0.6 is 0 Å². The van der Waals surface area contributed by atoms with E-state index in [1.165, 1.54) is 11.1 Å². The van der Waals surface area contributed by atoms with E-state index < -0.39 is 0 Å². The van der Waals surface area contributed by atoms with Gasteiger partial charge in [-0.3, -0.25) is 5.10 Å². The minimum Gasteiger partial charge on any atom is -0.333 e. The number of aryl methyl sites for hydroxylation is 3. The van der Waals surface area contributed by atoms with E-state index in [2.05, 4.69) is 33.8 Å². The van der Waals surface area contributed by atoms with Gasteiger partial charge in [0.25, 0.3) is 0 Å². The number of fused-ring (bicyclic) bond motifs is 1. The van der Waals surface area contributed by atoms with Crippen LogP contribution in [0.1, 0.15) is 11.4 Å². The lowest BCUT2D eigenvalue weighted by Gasteiger charge is -2.01. The molecule has 3 aromatic rings. The van der Waals surface area contributed by atoms with E-state index in [1.54, 1.807) is 0 Å². The molecule has 0 atom stereocenters. The van der Waals surface area contributed by atoms with E-state index in [0.29, 0.717) is 0 Å². The lowest BCUT2D eigenvalue weighted by molar-refractivity contribution is 0.902. The topological polar surface area (TPSA) is 46.5 Å². The third-order valence-corrected chi connectivity index (χ3v) is 3.22. The first-order valence-corrected chi connectivity index (χ1v) is 5.60.